The Bertz CT molecular complexity index is 1430. The molecule has 32 heavy (non-hydrogen) atoms. The standard InChI is InChI=1S/C23H19ClN2O5S/c1-32(30,31)25-23(29)22-21(16-7-3-5-9-20(16)28)17-12-15(24)10-11-18(17)26(22)13-14-6-2-4-8-19(14)27/h2-8,10-12,27H,9,13H2,1H3,(H,25,29). The molecule has 0 saturated heterocycles. The second-order valence-corrected chi connectivity index (χ2v) is 9.62. The lowest BCUT2D eigenvalue weighted by Gasteiger charge is -2.14. The number of phenols is 1. The van der Waals surface area contributed by atoms with Gasteiger partial charge in [-0.25, -0.2) is 13.1 Å². The van der Waals surface area contributed by atoms with E-state index < -0.39 is 15.9 Å². The van der Waals surface area contributed by atoms with Gasteiger partial charge < -0.3 is 9.67 Å². The molecule has 0 radical (unpaired) electrons. The maximum absolute atomic E-state index is 13.2. The average Bonchev–Trinajstić information content (AvgIpc) is 3.02. The van der Waals surface area contributed by atoms with Crippen LogP contribution in [0.5, 0.6) is 5.75 Å². The smallest absolute Gasteiger partial charge is 0.282 e. The molecule has 3 aromatic rings. The van der Waals surface area contributed by atoms with Gasteiger partial charge in [0.2, 0.25) is 10.0 Å². The van der Waals surface area contributed by atoms with E-state index in [1.807, 2.05) is 4.72 Å². The quantitative estimate of drug-likeness (QED) is 0.592. The van der Waals surface area contributed by atoms with Crippen LogP contribution in [-0.4, -0.2) is 36.0 Å². The van der Waals surface area contributed by atoms with Crippen LogP contribution in [0.3, 0.4) is 0 Å². The number of para-hydroxylation sites is 1. The zero-order valence-electron chi connectivity index (χ0n) is 17.0. The lowest BCUT2D eigenvalue weighted by atomic mass is 9.93. The Balaban J connectivity index is 2.07. The third-order valence-corrected chi connectivity index (χ3v) is 5.90. The number of ketones is 1. The number of aromatic nitrogens is 1. The normalized spacial score (nSPS) is 13.9. The third kappa shape index (κ3) is 4.19. The fourth-order valence-corrected chi connectivity index (χ4v) is 4.40. The highest BCUT2D eigenvalue weighted by Crippen LogP contribution is 2.36. The number of amides is 1. The topological polar surface area (TPSA) is 105 Å². The Morgan fingerprint density at radius 3 is 2.66 bits per heavy atom. The van der Waals surface area contributed by atoms with Crippen molar-refractivity contribution < 1.29 is 23.1 Å². The first-order valence-electron chi connectivity index (χ1n) is 9.67. The van der Waals surface area contributed by atoms with E-state index in [9.17, 15) is 23.1 Å². The van der Waals surface area contributed by atoms with Gasteiger partial charge in [0.05, 0.1) is 12.8 Å². The molecule has 2 N–H and O–H groups in total. The lowest BCUT2D eigenvalue weighted by Crippen LogP contribution is -2.32. The van der Waals surface area contributed by atoms with Crippen molar-refractivity contribution in [1.82, 2.24) is 9.29 Å². The summed E-state index contributed by atoms with van der Waals surface area (Å²) in [6.07, 6.45) is 6.06. The molecular weight excluding hydrogens is 452 g/mol. The number of sulfonamides is 1. The summed E-state index contributed by atoms with van der Waals surface area (Å²) in [7, 11) is -3.88. The maximum Gasteiger partial charge on any atom is 0.282 e. The Kier molecular flexibility index (Phi) is 5.66. The van der Waals surface area contributed by atoms with Crippen LogP contribution in [-0.2, 0) is 21.4 Å². The van der Waals surface area contributed by atoms with Crippen molar-refractivity contribution in [2.75, 3.05) is 6.26 Å². The number of carbonyl (C=O) groups is 2. The third-order valence-electron chi connectivity index (χ3n) is 5.11. The number of fused-ring (bicyclic) bond motifs is 1. The van der Waals surface area contributed by atoms with E-state index in [1.54, 1.807) is 59.2 Å². The number of carbonyl (C=O) groups excluding carboxylic acids is 2. The zero-order valence-corrected chi connectivity index (χ0v) is 18.6. The molecule has 2 aromatic carbocycles. The molecule has 1 aromatic heterocycles. The SMILES string of the molecule is CS(=O)(=O)NC(=O)c1c(C2=CC=CCC2=O)c2cc(Cl)ccc2n1Cc1ccccc1O. The Morgan fingerprint density at radius 2 is 1.97 bits per heavy atom. The summed E-state index contributed by atoms with van der Waals surface area (Å²) in [5.41, 5.74) is 1.66. The molecule has 1 heterocycles. The van der Waals surface area contributed by atoms with Crippen LogP contribution >= 0.6 is 11.6 Å². The zero-order chi connectivity index (χ0) is 23.0. The van der Waals surface area contributed by atoms with Crippen LogP contribution in [0.15, 0.2) is 60.7 Å². The van der Waals surface area contributed by atoms with E-state index >= 15 is 0 Å². The molecule has 9 heteroatoms. The lowest BCUT2D eigenvalue weighted by molar-refractivity contribution is -0.113. The summed E-state index contributed by atoms with van der Waals surface area (Å²) < 4.78 is 27.3. The summed E-state index contributed by atoms with van der Waals surface area (Å²) in [6.45, 7) is 0.0641. The molecule has 0 saturated carbocycles. The molecule has 1 aliphatic carbocycles. The highest BCUT2D eigenvalue weighted by atomic mass is 35.5. The number of nitrogens with one attached hydrogen (secondary N) is 1. The minimum atomic E-state index is -3.88. The highest BCUT2D eigenvalue weighted by molar-refractivity contribution is 7.89. The largest absolute Gasteiger partial charge is 0.508 e. The molecular formula is C23H19ClN2O5S. The number of Topliss-reactive ketones (excluding diaryl/α,β-unsaturated/α-hetero) is 1. The minimum Gasteiger partial charge on any atom is -0.508 e. The number of hydrogen-bond donors (Lipinski definition) is 2. The van der Waals surface area contributed by atoms with Crippen molar-refractivity contribution in [3.8, 4) is 5.75 Å². The number of hydrogen-bond acceptors (Lipinski definition) is 5. The van der Waals surface area contributed by atoms with Crippen LogP contribution in [0.1, 0.15) is 28.0 Å². The van der Waals surface area contributed by atoms with Crippen LogP contribution in [0.2, 0.25) is 5.02 Å². The van der Waals surface area contributed by atoms with Crippen molar-refractivity contribution in [3.63, 3.8) is 0 Å². The van der Waals surface area contributed by atoms with Crippen LogP contribution in [0.25, 0.3) is 16.5 Å². The predicted molar refractivity (Wildman–Crippen MR) is 123 cm³/mol. The second kappa shape index (κ2) is 8.29. The first-order valence-corrected chi connectivity index (χ1v) is 11.9. The fourth-order valence-electron chi connectivity index (χ4n) is 3.80. The van der Waals surface area contributed by atoms with Gasteiger partial charge in [0.1, 0.15) is 11.4 Å². The van der Waals surface area contributed by atoms with Gasteiger partial charge in [-0.05, 0) is 24.3 Å². The van der Waals surface area contributed by atoms with E-state index in [4.69, 9.17) is 11.6 Å². The van der Waals surface area contributed by atoms with Crippen molar-refractivity contribution in [3.05, 3.63) is 82.5 Å². The molecule has 0 unspecified atom stereocenters. The molecule has 0 spiro atoms. The van der Waals surface area contributed by atoms with Crippen molar-refractivity contribution in [2.45, 2.75) is 13.0 Å². The van der Waals surface area contributed by atoms with E-state index in [1.165, 1.54) is 6.07 Å². The Morgan fingerprint density at radius 1 is 1.22 bits per heavy atom. The summed E-state index contributed by atoms with van der Waals surface area (Å²) >= 11 is 6.23. The van der Waals surface area contributed by atoms with Gasteiger partial charge >= 0.3 is 0 Å². The number of rotatable bonds is 5. The van der Waals surface area contributed by atoms with Gasteiger partial charge in [0.25, 0.3) is 5.91 Å². The van der Waals surface area contributed by atoms with Gasteiger partial charge in [-0.15, -0.1) is 0 Å². The Labute approximate surface area is 189 Å². The van der Waals surface area contributed by atoms with Crippen molar-refractivity contribution >= 4 is 49.8 Å². The predicted octanol–water partition coefficient (Wildman–Crippen LogP) is 3.65. The molecule has 1 aliphatic rings. The summed E-state index contributed by atoms with van der Waals surface area (Å²) in [5, 5.41) is 11.2. The molecule has 1 amide bonds. The first-order chi connectivity index (χ1) is 15.2. The van der Waals surface area contributed by atoms with E-state index in [0.29, 0.717) is 27.1 Å². The van der Waals surface area contributed by atoms with Crippen LogP contribution in [0.4, 0.5) is 0 Å². The minimum absolute atomic E-state index is 0.00848. The molecule has 0 aliphatic heterocycles. The van der Waals surface area contributed by atoms with E-state index in [2.05, 4.69) is 0 Å². The average molecular weight is 471 g/mol. The van der Waals surface area contributed by atoms with Gasteiger partial charge in [0, 0.05) is 39.0 Å². The van der Waals surface area contributed by atoms with Gasteiger partial charge in [-0.3, -0.25) is 9.59 Å². The van der Waals surface area contributed by atoms with Crippen molar-refractivity contribution in [2.24, 2.45) is 0 Å². The molecule has 4 rings (SSSR count). The first kappa shape index (κ1) is 21.9. The molecule has 164 valence electrons. The van der Waals surface area contributed by atoms with Crippen molar-refractivity contribution in [1.29, 1.82) is 0 Å². The van der Waals surface area contributed by atoms with Crippen LogP contribution < -0.4 is 4.72 Å². The maximum atomic E-state index is 13.2. The van der Waals surface area contributed by atoms with Gasteiger partial charge in [-0.2, -0.15) is 0 Å². The number of halogens is 1. The number of benzene rings is 2. The number of phenolic OH excluding ortho intramolecular Hbond substituents is 1. The second-order valence-electron chi connectivity index (χ2n) is 7.44. The fraction of sp³-hybridized carbons (Fsp3) is 0.130. The van der Waals surface area contributed by atoms with E-state index in [0.717, 1.165) is 6.26 Å². The van der Waals surface area contributed by atoms with Gasteiger partial charge in [-0.1, -0.05) is 48.0 Å². The number of aromatic hydroxyl groups is 1. The Hall–Kier alpha value is -3.36. The molecule has 7 nitrogen and oxygen atoms in total. The summed E-state index contributed by atoms with van der Waals surface area (Å²) in [5.74, 6) is -1.06. The highest BCUT2D eigenvalue weighted by Gasteiger charge is 2.29. The molecule has 0 fully saturated rings. The van der Waals surface area contributed by atoms with Crippen LogP contribution in [0, 0.1) is 0 Å². The van der Waals surface area contributed by atoms with Gasteiger partial charge in [0.15, 0.2) is 5.78 Å². The monoisotopic (exact) mass is 470 g/mol. The summed E-state index contributed by atoms with van der Waals surface area (Å²) in [4.78, 5) is 26.0. The number of allylic oxidation sites excluding steroid dienone is 4. The van der Waals surface area contributed by atoms with E-state index in [-0.39, 0.29) is 35.8 Å². The molecule has 0 atom stereocenters. The molecule has 0 bridgehead atoms. The number of nitrogens with zero attached hydrogens (tertiary/aromatic N) is 1. The summed E-state index contributed by atoms with van der Waals surface area (Å²) in [6, 6.07) is 11.6.